The van der Waals surface area contributed by atoms with E-state index in [1.807, 2.05) is 26.0 Å². The van der Waals surface area contributed by atoms with Crippen LogP contribution in [0.25, 0.3) is 0 Å². The van der Waals surface area contributed by atoms with E-state index in [0.29, 0.717) is 19.7 Å². The molecule has 0 radical (unpaired) electrons. The lowest BCUT2D eigenvalue weighted by atomic mass is 10.1. The molecular formula is C14H21NO3. The van der Waals surface area contributed by atoms with Crippen molar-refractivity contribution in [3.05, 3.63) is 29.3 Å². The number of aliphatic carboxylic acids is 1. The van der Waals surface area contributed by atoms with E-state index in [2.05, 4.69) is 11.4 Å². The van der Waals surface area contributed by atoms with E-state index in [9.17, 15) is 4.79 Å². The third-order valence-corrected chi connectivity index (χ3v) is 2.74. The van der Waals surface area contributed by atoms with Gasteiger partial charge in [-0.1, -0.05) is 19.1 Å². The van der Waals surface area contributed by atoms with Crippen molar-refractivity contribution in [2.24, 2.45) is 5.92 Å². The molecule has 1 aromatic rings. The van der Waals surface area contributed by atoms with E-state index in [1.54, 1.807) is 6.92 Å². The summed E-state index contributed by atoms with van der Waals surface area (Å²) in [5.41, 5.74) is 2.23. The predicted octanol–water partition coefficient (Wildman–Crippen LogP) is 2.20. The summed E-state index contributed by atoms with van der Waals surface area (Å²) in [6, 6.07) is 6.01. The summed E-state index contributed by atoms with van der Waals surface area (Å²) in [7, 11) is 0. The standard InChI is InChI=1S/C14H21NO3/c1-4-18-13-6-5-12(7-10(13)2)9-15-8-11(3)14(16)17/h5-7,11,15H,4,8-9H2,1-3H3,(H,16,17). The van der Waals surface area contributed by atoms with E-state index < -0.39 is 5.97 Å². The van der Waals surface area contributed by atoms with Crippen molar-refractivity contribution in [3.8, 4) is 5.75 Å². The molecule has 18 heavy (non-hydrogen) atoms. The van der Waals surface area contributed by atoms with Gasteiger partial charge < -0.3 is 15.2 Å². The Balaban J connectivity index is 2.48. The molecule has 0 aromatic heterocycles. The zero-order valence-corrected chi connectivity index (χ0v) is 11.2. The highest BCUT2D eigenvalue weighted by Gasteiger charge is 2.09. The Morgan fingerprint density at radius 3 is 2.78 bits per heavy atom. The number of carboxylic acids is 1. The number of aryl methyl sites for hydroxylation is 1. The van der Waals surface area contributed by atoms with Gasteiger partial charge in [0.25, 0.3) is 0 Å². The van der Waals surface area contributed by atoms with Gasteiger partial charge in [-0.05, 0) is 31.0 Å². The van der Waals surface area contributed by atoms with Crippen LogP contribution in [-0.2, 0) is 11.3 Å². The van der Waals surface area contributed by atoms with Gasteiger partial charge in [0.15, 0.2) is 0 Å². The summed E-state index contributed by atoms with van der Waals surface area (Å²) < 4.78 is 5.47. The third kappa shape index (κ3) is 4.37. The van der Waals surface area contributed by atoms with Gasteiger partial charge >= 0.3 is 5.97 Å². The number of ether oxygens (including phenoxy) is 1. The maximum atomic E-state index is 10.7. The van der Waals surface area contributed by atoms with Gasteiger partial charge in [0, 0.05) is 13.1 Å². The predicted molar refractivity (Wildman–Crippen MR) is 70.9 cm³/mol. The van der Waals surface area contributed by atoms with Crippen molar-refractivity contribution in [2.75, 3.05) is 13.2 Å². The van der Waals surface area contributed by atoms with Crippen molar-refractivity contribution in [1.29, 1.82) is 0 Å². The summed E-state index contributed by atoms with van der Waals surface area (Å²) in [4.78, 5) is 10.7. The fraction of sp³-hybridized carbons (Fsp3) is 0.500. The van der Waals surface area contributed by atoms with Gasteiger partial charge in [0.2, 0.25) is 0 Å². The van der Waals surface area contributed by atoms with Crippen LogP contribution in [0.15, 0.2) is 18.2 Å². The first-order chi connectivity index (χ1) is 8.54. The maximum Gasteiger partial charge on any atom is 0.307 e. The Bertz CT molecular complexity index is 404. The van der Waals surface area contributed by atoms with Crippen LogP contribution in [0.3, 0.4) is 0 Å². The normalized spacial score (nSPS) is 12.2. The lowest BCUT2D eigenvalue weighted by Crippen LogP contribution is -2.25. The van der Waals surface area contributed by atoms with Crippen LogP contribution in [0.2, 0.25) is 0 Å². The Morgan fingerprint density at radius 1 is 1.50 bits per heavy atom. The van der Waals surface area contributed by atoms with E-state index in [-0.39, 0.29) is 5.92 Å². The molecule has 2 N–H and O–H groups in total. The number of hydrogen-bond donors (Lipinski definition) is 2. The lowest BCUT2D eigenvalue weighted by molar-refractivity contribution is -0.140. The van der Waals surface area contributed by atoms with Gasteiger partial charge in [-0.3, -0.25) is 4.79 Å². The molecule has 0 saturated heterocycles. The van der Waals surface area contributed by atoms with Crippen LogP contribution in [0, 0.1) is 12.8 Å². The van der Waals surface area contributed by atoms with Crippen LogP contribution in [0.5, 0.6) is 5.75 Å². The first-order valence-corrected chi connectivity index (χ1v) is 6.20. The van der Waals surface area contributed by atoms with E-state index in [1.165, 1.54) is 0 Å². The second-order valence-electron chi connectivity index (χ2n) is 4.40. The fourth-order valence-electron chi connectivity index (χ4n) is 1.66. The van der Waals surface area contributed by atoms with E-state index in [4.69, 9.17) is 9.84 Å². The number of benzene rings is 1. The molecule has 0 heterocycles. The number of hydrogen-bond acceptors (Lipinski definition) is 3. The molecule has 0 saturated carbocycles. The molecule has 100 valence electrons. The van der Waals surface area contributed by atoms with Crippen molar-refractivity contribution >= 4 is 5.97 Å². The second-order valence-corrected chi connectivity index (χ2v) is 4.40. The number of carbonyl (C=O) groups is 1. The molecule has 0 aliphatic carbocycles. The molecule has 0 aliphatic heterocycles. The average Bonchev–Trinajstić information content (AvgIpc) is 2.32. The Kier molecular flexibility index (Phi) is 5.65. The number of nitrogens with one attached hydrogen (secondary N) is 1. The van der Waals surface area contributed by atoms with E-state index >= 15 is 0 Å². The molecule has 0 fully saturated rings. The van der Waals surface area contributed by atoms with Crippen molar-refractivity contribution in [2.45, 2.75) is 27.3 Å². The molecule has 0 amide bonds. The molecule has 4 heteroatoms. The minimum atomic E-state index is -0.773. The molecule has 0 aliphatic rings. The van der Waals surface area contributed by atoms with Gasteiger partial charge in [-0.25, -0.2) is 0 Å². The summed E-state index contributed by atoms with van der Waals surface area (Å²) in [5.74, 6) is -0.237. The molecule has 1 unspecified atom stereocenters. The zero-order valence-electron chi connectivity index (χ0n) is 11.2. The molecule has 0 spiro atoms. The molecule has 1 aromatic carbocycles. The average molecular weight is 251 g/mol. The van der Waals surface area contributed by atoms with Crippen LogP contribution in [0.4, 0.5) is 0 Å². The minimum Gasteiger partial charge on any atom is -0.494 e. The van der Waals surface area contributed by atoms with Crippen LogP contribution in [-0.4, -0.2) is 24.2 Å². The first kappa shape index (κ1) is 14.5. The molecular weight excluding hydrogens is 230 g/mol. The monoisotopic (exact) mass is 251 g/mol. The second kappa shape index (κ2) is 7.01. The molecule has 4 nitrogen and oxygen atoms in total. The van der Waals surface area contributed by atoms with E-state index in [0.717, 1.165) is 16.9 Å². The fourth-order valence-corrected chi connectivity index (χ4v) is 1.66. The Hall–Kier alpha value is -1.55. The van der Waals surface area contributed by atoms with Crippen LogP contribution < -0.4 is 10.1 Å². The van der Waals surface area contributed by atoms with Gasteiger partial charge in [-0.15, -0.1) is 0 Å². The molecule has 0 bridgehead atoms. The van der Waals surface area contributed by atoms with Crippen molar-refractivity contribution in [3.63, 3.8) is 0 Å². The summed E-state index contributed by atoms with van der Waals surface area (Å²) in [5, 5.41) is 11.9. The highest BCUT2D eigenvalue weighted by Crippen LogP contribution is 2.18. The van der Waals surface area contributed by atoms with Crippen LogP contribution in [0.1, 0.15) is 25.0 Å². The topological polar surface area (TPSA) is 58.6 Å². The van der Waals surface area contributed by atoms with Gasteiger partial charge in [-0.2, -0.15) is 0 Å². The number of carboxylic acid groups (broad SMARTS) is 1. The summed E-state index contributed by atoms with van der Waals surface area (Å²) in [6.07, 6.45) is 0. The lowest BCUT2D eigenvalue weighted by Gasteiger charge is -2.11. The minimum absolute atomic E-state index is 0.367. The first-order valence-electron chi connectivity index (χ1n) is 6.20. The largest absolute Gasteiger partial charge is 0.494 e. The smallest absolute Gasteiger partial charge is 0.307 e. The van der Waals surface area contributed by atoms with Crippen LogP contribution >= 0.6 is 0 Å². The highest BCUT2D eigenvalue weighted by atomic mass is 16.5. The number of rotatable bonds is 7. The van der Waals surface area contributed by atoms with Gasteiger partial charge in [0.1, 0.15) is 5.75 Å². The highest BCUT2D eigenvalue weighted by molar-refractivity contribution is 5.69. The Morgan fingerprint density at radius 2 is 2.22 bits per heavy atom. The molecule has 1 atom stereocenters. The SMILES string of the molecule is CCOc1ccc(CNCC(C)C(=O)O)cc1C. The maximum absolute atomic E-state index is 10.7. The quantitative estimate of drug-likeness (QED) is 0.780. The van der Waals surface area contributed by atoms with Crippen molar-refractivity contribution in [1.82, 2.24) is 5.32 Å². The summed E-state index contributed by atoms with van der Waals surface area (Å²) >= 11 is 0. The zero-order chi connectivity index (χ0) is 13.5. The third-order valence-electron chi connectivity index (χ3n) is 2.74. The van der Waals surface area contributed by atoms with Gasteiger partial charge in [0.05, 0.1) is 12.5 Å². The van der Waals surface area contributed by atoms with Crippen molar-refractivity contribution < 1.29 is 14.6 Å². The summed E-state index contributed by atoms with van der Waals surface area (Å²) in [6.45, 7) is 7.47. The Labute approximate surface area is 108 Å². The molecule has 1 rings (SSSR count).